The minimum Gasteiger partial charge on any atom is -0.462 e. The van der Waals surface area contributed by atoms with Crippen molar-refractivity contribution < 1.29 is 28.6 Å². The minimum absolute atomic E-state index is 0.0955. The molecule has 0 rings (SSSR count). The van der Waals surface area contributed by atoms with Crippen molar-refractivity contribution in [2.75, 3.05) is 13.2 Å². The van der Waals surface area contributed by atoms with Gasteiger partial charge in [-0.15, -0.1) is 0 Å². The number of ether oxygens (including phenoxy) is 3. The lowest BCUT2D eigenvalue weighted by atomic mass is 10.0. The second-order valence-electron chi connectivity index (χ2n) is 20.9. The molecule has 0 N–H and O–H groups in total. The third-order valence-corrected chi connectivity index (χ3v) is 13.5. The van der Waals surface area contributed by atoms with Gasteiger partial charge in [-0.1, -0.05) is 284 Å². The topological polar surface area (TPSA) is 78.9 Å². The first kappa shape index (κ1) is 72.8. The van der Waals surface area contributed by atoms with Crippen molar-refractivity contribution in [1.29, 1.82) is 0 Å². The highest BCUT2D eigenvalue weighted by molar-refractivity contribution is 5.71. The van der Waals surface area contributed by atoms with Crippen molar-refractivity contribution in [3.63, 3.8) is 0 Å². The number of rotatable bonds is 57. The monoisotopic (exact) mass is 1070 g/mol. The standard InChI is InChI=1S/C71H118O6/c1-4-7-10-13-16-19-22-25-28-31-33-35-37-40-43-46-49-52-55-58-61-64-70(73)76-67-68(66-75-69(72)63-60-57-54-51-48-45-42-39-30-27-24-21-18-15-12-9-6-3)77-71(74)65-62-59-56-53-50-47-44-41-38-36-34-32-29-26-23-20-17-14-11-8-5-2/h7-8,10-11,16-17,19-20,25-26,28-29,33-36,40,43,49,52,68H,4-6,9,12-15,18,21-24,27,30-32,37-39,41-42,44-48,50-51,53-67H2,1-3H3/b10-7-,11-8-,19-16-,20-17-,28-25-,29-26-,35-33-,36-34-,43-40-,52-49-. The van der Waals surface area contributed by atoms with E-state index in [0.29, 0.717) is 19.3 Å². The number of carbonyl (C=O) groups is 3. The molecule has 1 unspecified atom stereocenters. The van der Waals surface area contributed by atoms with E-state index >= 15 is 0 Å². The Bertz CT molecular complexity index is 1600. The van der Waals surface area contributed by atoms with Crippen molar-refractivity contribution >= 4 is 17.9 Å². The third kappa shape index (κ3) is 62.5. The van der Waals surface area contributed by atoms with Crippen molar-refractivity contribution in [3.05, 3.63) is 122 Å². The quantitative estimate of drug-likeness (QED) is 0.0261. The zero-order valence-corrected chi connectivity index (χ0v) is 50.2. The van der Waals surface area contributed by atoms with Gasteiger partial charge in [0.05, 0.1) is 0 Å². The molecule has 0 aromatic carbocycles. The molecule has 0 heterocycles. The Balaban J connectivity index is 4.48. The van der Waals surface area contributed by atoms with Crippen LogP contribution < -0.4 is 0 Å². The molecule has 0 saturated heterocycles. The molecule has 0 radical (unpaired) electrons. The van der Waals surface area contributed by atoms with Gasteiger partial charge in [-0.25, -0.2) is 0 Å². The van der Waals surface area contributed by atoms with Gasteiger partial charge in [-0.05, 0) is 109 Å². The third-order valence-electron chi connectivity index (χ3n) is 13.5. The fraction of sp³-hybridized carbons (Fsp3) is 0.676. The van der Waals surface area contributed by atoms with Crippen LogP contribution in [0.4, 0.5) is 0 Å². The molecule has 0 aromatic rings. The molecule has 0 aliphatic rings. The summed E-state index contributed by atoms with van der Waals surface area (Å²) in [4.78, 5) is 38.4. The fourth-order valence-electron chi connectivity index (χ4n) is 8.73. The van der Waals surface area contributed by atoms with Crippen LogP contribution >= 0.6 is 0 Å². The van der Waals surface area contributed by atoms with Gasteiger partial charge < -0.3 is 14.2 Å². The highest BCUT2D eigenvalue weighted by Crippen LogP contribution is 2.16. The van der Waals surface area contributed by atoms with Gasteiger partial charge in [0.25, 0.3) is 0 Å². The SMILES string of the molecule is CC/C=C\C/C=C\C/C=C\C/C=C\C/C=C\C/C=C\CCCCC(=O)OCC(COC(=O)CCCCCCCCCCCCCCCCCCC)OC(=O)CCCCCCCCCC/C=C\C/C=C\C/C=C\C/C=C\CC. The highest BCUT2D eigenvalue weighted by atomic mass is 16.6. The summed E-state index contributed by atoms with van der Waals surface area (Å²) in [5.74, 6) is -0.941. The predicted molar refractivity (Wildman–Crippen MR) is 334 cm³/mol. The maximum atomic E-state index is 12.9. The summed E-state index contributed by atoms with van der Waals surface area (Å²) < 4.78 is 16.9. The molecule has 0 spiro atoms. The van der Waals surface area contributed by atoms with Gasteiger partial charge in [0.1, 0.15) is 13.2 Å². The van der Waals surface area contributed by atoms with Crippen LogP contribution in [0.15, 0.2) is 122 Å². The van der Waals surface area contributed by atoms with E-state index in [0.717, 1.165) is 128 Å². The minimum atomic E-state index is -0.804. The smallest absolute Gasteiger partial charge is 0.306 e. The first-order valence-corrected chi connectivity index (χ1v) is 32.0. The van der Waals surface area contributed by atoms with Crippen molar-refractivity contribution in [1.82, 2.24) is 0 Å². The van der Waals surface area contributed by atoms with E-state index in [4.69, 9.17) is 14.2 Å². The summed E-state index contributed by atoms with van der Waals surface area (Å²) in [6.07, 6.45) is 89.1. The Hall–Kier alpha value is -4.19. The molecule has 6 heteroatoms. The summed E-state index contributed by atoms with van der Waals surface area (Å²) in [5, 5.41) is 0. The molecule has 0 fully saturated rings. The number of unbranched alkanes of at least 4 members (excludes halogenated alkanes) is 26. The first-order chi connectivity index (χ1) is 38.0. The number of esters is 3. The highest BCUT2D eigenvalue weighted by Gasteiger charge is 2.19. The number of allylic oxidation sites excluding steroid dienone is 20. The normalized spacial score (nSPS) is 12.9. The van der Waals surface area contributed by atoms with Crippen molar-refractivity contribution in [2.45, 2.75) is 297 Å². The molecule has 0 saturated carbocycles. The van der Waals surface area contributed by atoms with E-state index in [2.05, 4.69) is 142 Å². The van der Waals surface area contributed by atoms with Crippen molar-refractivity contribution in [2.24, 2.45) is 0 Å². The molecule has 1 atom stereocenters. The molecular formula is C71H118O6. The van der Waals surface area contributed by atoms with Crippen LogP contribution in [-0.2, 0) is 28.6 Å². The Morgan fingerprint density at radius 1 is 0.273 bits per heavy atom. The van der Waals surface area contributed by atoms with Crippen LogP contribution in [0.5, 0.6) is 0 Å². The molecule has 0 bridgehead atoms. The van der Waals surface area contributed by atoms with Gasteiger partial charge in [0, 0.05) is 19.3 Å². The Morgan fingerprint density at radius 2 is 0.506 bits per heavy atom. The maximum Gasteiger partial charge on any atom is 0.306 e. The second kappa shape index (κ2) is 64.3. The van der Waals surface area contributed by atoms with Gasteiger partial charge in [0.2, 0.25) is 0 Å². The van der Waals surface area contributed by atoms with Crippen LogP contribution in [0.3, 0.4) is 0 Å². The summed E-state index contributed by atoms with van der Waals surface area (Å²) in [7, 11) is 0. The first-order valence-electron chi connectivity index (χ1n) is 32.0. The molecular weight excluding hydrogens is 949 g/mol. The molecule has 0 aliphatic carbocycles. The van der Waals surface area contributed by atoms with E-state index in [1.807, 2.05) is 0 Å². The van der Waals surface area contributed by atoms with E-state index in [9.17, 15) is 14.4 Å². The van der Waals surface area contributed by atoms with Gasteiger partial charge in [0.15, 0.2) is 6.10 Å². The largest absolute Gasteiger partial charge is 0.462 e. The maximum absolute atomic E-state index is 12.9. The van der Waals surface area contributed by atoms with E-state index in [-0.39, 0.29) is 31.1 Å². The van der Waals surface area contributed by atoms with Gasteiger partial charge >= 0.3 is 17.9 Å². The van der Waals surface area contributed by atoms with Gasteiger partial charge in [-0.2, -0.15) is 0 Å². The van der Waals surface area contributed by atoms with Crippen molar-refractivity contribution in [3.8, 4) is 0 Å². The average Bonchev–Trinajstić information content (AvgIpc) is 3.43. The molecule has 0 aliphatic heterocycles. The summed E-state index contributed by atoms with van der Waals surface area (Å²) >= 11 is 0. The van der Waals surface area contributed by atoms with E-state index < -0.39 is 6.10 Å². The van der Waals surface area contributed by atoms with Crippen LogP contribution in [0.1, 0.15) is 290 Å². The zero-order valence-electron chi connectivity index (χ0n) is 50.2. The lowest BCUT2D eigenvalue weighted by molar-refractivity contribution is -0.167. The Kier molecular flexibility index (Phi) is 60.8. The van der Waals surface area contributed by atoms with Crippen LogP contribution in [0.25, 0.3) is 0 Å². The summed E-state index contributed by atoms with van der Waals surface area (Å²) in [6.45, 7) is 6.40. The number of hydrogen-bond acceptors (Lipinski definition) is 6. The Labute approximate surface area is 475 Å². The summed E-state index contributed by atoms with van der Waals surface area (Å²) in [6, 6.07) is 0. The van der Waals surface area contributed by atoms with Crippen LogP contribution in [-0.4, -0.2) is 37.2 Å². The molecule has 438 valence electrons. The summed E-state index contributed by atoms with van der Waals surface area (Å²) in [5.41, 5.74) is 0. The number of carbonyl (C=O) groups excluding carboxylic acids is 3. The van der Waals surface area contributed by atoms with E-state index in [1.54, 1.807) is 0 Å². The molecule has 77 heavy (non-hydrogen) atoms. The molecule has 0 amide bonds. The van der Waals surface area contributed by atoms with Crippen LogP contribution in [0.2, 0.25) is 0 Å². The Morgan fingerprint density at radius 3 is 0.818 bits per heavy atom. The van der Waals surface area contributed by atoms with Crippen LogP contribution in [0, 0.1) is 0 Å². The fourth-order valence-corrected chi connectivity index (χ4v) is 8.73. The number of hydrogen-bond donors (Lipinski definition) is 0. The molecule has 0 aromatic heterocycles. The lowest BCUT2D eigenvalue weighted by Gasteiger charge is -2.18. The molecule has 6 nitrogen and oxygen atoms in total. The second-order valence-corrected chi connectivity index (χ2v) is 20.9. The van der Waals surface area contributed by atoms with Gasteiger partial charge in [-0.3, -0.25) is 14.4 Å². The lowest BCUT2D eigenvalue weighted by Crippen LogP contribution is -2.30. The zero-order chi connectivity index (χ0) is 55.7. The predicted octanol–water partition coefficient (Wildman–Crippen LogP) is 22.0. The van der Waals surface area contributed by atoms with E-state index in [1.165, 1.54) is 122 Å². The average molecular weight is 1070 g/mol.